The average molecular weight is 268 g/mol. The summed E-state index contributed by atoms with van der Waals surface area (Å²) in [6.07, 6.45) is 1.09. The van der Waals surface area contributed by atoms with Crippen molar-refractivity contribution in [1.82, 2.24) is 10.3 Å². The maximum Gasteiger partial charge on any atom is 0.408 e. The van der Waals surface area contributed by atoms with Crippen LogP contribution in [0.5, 0.6) is 0 Å². The summed E-state index contributed by atoms with van der Waals surface area (Å²) in [5, 5.41) is 12.0. The van der Waals surface area contributed by atoms with Crippen LogP contribution in [0.1, 0.15) is 30.7 Å². The molecule has 0 radical (unpaired) electrons. The van der Waals surface area contributed by atoms with Crippen LogP contribution in [0.2, 0.25) is 0 Å². The van der Waals surface area contributed by atoms with Gasteiger partial charge in [0.1, 0.15) is 5.60 Å². The number of carbonyl (C=O) groups is 1. The molecule has 0 spiro atoms. The first-order valence-electron chi connectivity index (χ1n) is 5.42. The fourth-order valence-corrected chi connectivity index (χ4v) is 1.64. The standard InChI is InChI=1S/C12H16N2O3S/c1-12(2,3)17-11(16)13-6-4-5-10-14-7-9(8-15)18-10/h7,15H,6,8H2,1-3H3,(H,13,16). The Labute approximate surface area is 110 Å². The molecular formula is C12H16N2O3S. The number of alkyl carbamates (subject to hydrolysis) is 1. The van der Waals surface area contributed by atoms with Crippen molar-refractivity contribution in [2.45, 2.75) is 33.0 Å². The predicted octanol–water partition coefficient (Wildman–Crippen LogP) is 1.51. The lowest BCUT2D eigenvalue weighted by Crippen LogP contribution is -2.32. The minimum atomic E-state index is -0.511. The quantitative estimate of drug-likeness (QED) is 0.798. The van der Waals surface area contributed by atoms with Gasteiger partial charge in [-0.2, -0.15) is 0 Å². The van der Waals surface area contributed by atoms with Crippen molar-refractivity contribution < 1.29 is 14.6 Å². The van der Waals surface area contributed by atoms with Gasteiger partial charge in [0.25, 0.3) is 0 Å². The number of carbonyl (C=O) groups excluding carboxylic acids is 1. The second kappa shape index (κ2) is 6.38. The van der Waals surface area contributed by atoms with Crippen molar-refractivity contribution in [2.24, 2.45) is 0 Å². The Morgan fingerprint density at radius 1 is 1.61 bits per heavy atom. The van der Waals surface area contributed by atoms with Crippen molar-refractivity contribution in [2.75, 3.05) is 6.54 Å². The summed E-state index contributed by atoms with van der Waals surface area (Å²) in [4.78, 5) is 16.0. The molecule has 1 amide bonds. The molecule has 0 aliphatic heterocycles. The third-order valence-corrected chi connectivity index (χ3v) is 2.52. The summed E-state index contributed by atoms with van der Waals surface area (Å²) in [7, 11) is 0. The van der Waals surface area contributed by atoms with Gasteiger partial charge in [-0.05, 0) is 26.7 Å². The summed E-state index contributed by atoms with van der Waals surface area (Å²) in [6.45, 7) is 5.55. The zero-order chi connectivity index (χ0) is 13.6. The Hall–Kier alpha value is -1.58. The van der Waals surface area contributed by atoms with Gasteiger partial charge in [0.2, 0.25) is 0 Å². The second-order valence-electron chi connectivity index (χ2n) is 4.45. The van der Waals surface area contributed by atoms with Gasteiger partial charge >= 0.3 is 6.09 Å². The minimum Gasteiger partial charge on any atom is -0.444 e. The smallest absolute Gasteiger partial charge is 0.408 e. The molecule has 18 heavy (non-hydrogen) atoms. The summed E-state index contributed by atoms with van der Waals surface area (Å²) >= 11 is 1.32. The van der Waals surface area contributed by atoms with Crippen molar-refractivity contribution in [3.63, 3.8) is 0 Å². The number of aromatic nitrogens is 1. The molecule has 0 aromatic carbocycles. The first kappa shape index (κ1) is 14.5. The van der Waals surface area contributed by atoms with Gasteiger partial charge < -0.3 is 15.2 Å². The molecule has 5 nitrogen and oxygen atoms in total. The number of rotatable bonds is 2. The van der Waals surface area contributed by atoms with E-state index in [1.54, 1.807) is 27.0 Å². The van der Waals surface area contributed by atoms with E-state index in [1.165, 1.54) is 11.3 Å². The lowest BCUT2D eigenvalue weighted by molar-refractivity contribution is 0.0535. The third-order valence-electron chi connectivity index (χ3n) is 1.62. The van der Waals surface area contributed by atoms with Crippen LogP contribution in [0, 0.1) is 11.8 Å². The average Bonchev–Trinajstić information content (AvgIpc) is 2.70. The van der Waals surface area contributed by atoms with Crippen LogP contribution in [0.15, 0.2) is 6.20 Å². The Morgan fingerprint density at radius 3 is 2.89 bits per heavy atom. The molecule has 1 rings (SSSR count). The van der Waals surface area contributed by atoms with E-state index in [-0.39, 0.29) is 13.2 Å². The molecule has 0 atom stereocenters. The topological polar surface area (TPSA) is 71.5 Å². The molecule has 0 unspecified atom stereocenters. The van der Waals surface area contributed by atoms with Crippen LogP contribution in [0.25, 0.3) is 0 Å². The number of hydrogen-bond acceptors (Lipinski definition) is 5. The van der Waals surface area contributed by atoms with E-state index < -0.39 is 11.7 Å². The van der Waals surface area contributed by atoms with Crippen LogP contribution >= 0.6 is 11.3 Å². The SMILES string of the molecule is CC(C)(C)OC(=O)NCC#Cc1ncc(CO)s1. The molecule has 2 N–H and O–H groups in total. The van der Waals surface area contributed by atoms with Crippen LogP contribution < -0.4 is 5.32 Å². The Morgan fingerprint density at radius 2 is 2.33 bits per heavy atom. The fraction of sp³-hybridized carbons (Fsp3) is 0.500. The summed E-state index contributed by atoms with van der Waals surface area (Å²) in [5.74, 6) is 5.55. The number of aliphatic hydroxyl groups excluding tert-OH is 1. The first-order chi connectivity index (χ1) is 8.40. The summed E-state index contributed by atoms with van der Waals surface area (Å²) in [6, 6.07) is 0. The normalized spacial score (nSPS) is 10.4. The van der Waals surface area contributed by atoms with Crippen LogP contribution in [0.4, 0.5) is 4.79 Å². The van der Waals surface area contributed by atoms with Crippen LogP contribution in [-0.2, 0) is 11.3 Å². The van der Waals surface area contributed by atoms with Gasteiger partial charge in [0.15, 0.2) is 5.01 Å². The lowest BCUT2D eigenvalue weighted by atomic mass is 10.2. The molecule has 0 fully saturated rings. The van der Waals surface area contributed by atoms with Gasteiger partial charge in [0, 0.05) is 6.20 Å². The van der Waals surface area contributed by atoms with Crippen LogP contribution in [0.3, 0.4) is 0 Å². The Kier molecular flexibility index (Phi) is 5.13. The van der Waals surface area contributed by atoms with E-state index in [9.17, 15) is 4.79 Å². The number of nitrogens with one attached hydrogen (secondary N) is 1. The van der Waals surface area contributed by atoms with E-state index in [0.29, 0.717) is 5.01 Å². The van der Waals surface area contributed by atoms with Crippen molar-refractivity contribution in [3.8, 4) is 11.8 Å². The largest absolute Gasteiger partial charge is 0.444 e. The van der Waals surface area contributed by atoms with Crippen molar-refractivity contribution in [1.29, 1.82) is 0 Å². The van der Waals surface area contributed by atoms with Gasteiger partial charge in [-0.25, -0.2) is 9.78 Å². The Balaban J connectivity index is 2.36. The number of amides is 1. The van der Waals surface area contributed by atoms with Gasteiger partial charge in [-0.3, -0.25) is 0 Å². The summed E-state index contributed by atoms with van der Waals surface area (Å²) < 4.78 is 5.05. The van der Waals surface area contributed by atoms with E-state index in [2.05, 4.69) is 22.1 Å². The minimum absolute atomic E-state index is 0.0322. The molecule has 0 aliphatic carbocycles. The molecule has 1 heterocycles. The maximum absolute atomic E-state index is 11.3. The van der Waals surface area contributed by atoms with Crippen molar-refractivity contribution in [3.05, 3.63) is 16.1 Å². The molecular weight excluding hydrogens is 252 g/mol. The molecule has 0 saturated carbocycles. The zero-order valence-electron chi connectivity index (χ0n) is 10.6. The summed E-state index contributed by atoms with van der Waals surface area (Å²) in [5.41, 5.74) is -0.511. The molecule has 6 heteroatoms. The second-order valence-corrected chi connectivity index (χ2v) is 5.56. The highest BCUT2D eigenvalue weighted by atomic mass is 32.1. The van der Waals surface area contributed by atoms with E-state index in [4.69, 9.17) is 9.84 Å². The number of hydrogen-bond donors (Lipinski definition) is 2. The highest BCUT2D eigenvalue weighted by Crippen LogP contribution is 2.10. The van der Waals surface area contributed by atoms with E-state index in [0.717, 1.165) is 4.88 Å². The lowest BCUT2D eigenvalue weighted by Gasteiger charge is -2.18. The highest BCUT2D eigenvalue weighted by Gasteiger charge is 2.14. The maximum atomic E-state index is 11.3. The van der Waals surface area contributed by atoms with E-state index >= 15 is 0 Å². The predicted molar refractivity (Wildman–Crippen MR) is 69.2 cm³/mol. The molecule has 0 aliphatic rings. The molecule has 98 valence electrons. The zero-order valence-corrected chi connectivity index (χ0v) is 11.4. The number of ether oxygens (including phenoxy) is 1. The van der Waals surface area contributed by atoms with E-state index in [1.807, 2.05) is 0 Å². The number of thiazole rings is 1. The van der Waals surface area contributed by atoms with Gasteiger partial charge in [0.05, 0.1) is 18.0 Å². The number of aliphatic hydroxyl groups is 1. The molecule has 0 saturated heterocycles. The van der Waals surface area contributed by atoms with Gasteiger partial charge in [-0.1, -0.05) is 5.92 Å². The van der Waals surface area contributed by atoms with Gasteiger partial charge in [-0.15, -0.1) is 11.3 Å². The molecule has 1 aromatic rings. The monoisotopic (exact) mass is 268 g/mol. The highest BCUT2D eigenvalue weighted by molar-refractivity contribution is 7.12. The molecule has 1 aromatic heterocycles. The van der Waals surface area contributed by atoms with Crippen LogP contribution in [-0.4, -0.2) is 28.3 Å². The fourth-order valence-electron chi connectivity index (χ4n) is 0.989. The Bertz CT molecular complexity index is 466. The molecule has 0 bridgehead atoms. The number of nitrogens with zero attached hydrogens (tertiary/aromatic N) is 1. The third kappa shape index (κ3) is 5.66. The van der Waals surface area contributed by atoms with Crippen molar-refractivity contribution >= 4 is 17.4 Å². The first-order valence-corrected chi connectivity index (χ1v) is 6.23.